The van der Waals surface area contributed by atoms with E-state index >= 15 is 0 Å². The zero-order chi connectivity index (χ0) is 18.7. The molecule has 0 bridgehead atoms. The van der Waals surface area contributed by atoms with Gasteiger partial charge in [0, 0.05) is 5.69 Å². The fourth-order valence-corrected chi connectivity index (χ4v) is 3.49. The van der Waals surface area contributed by atoms with Crippen LogP contribution in [0.15, 0.2) is 42.5 Å². The molecule has 2 aromatic carbocycles. The molecule has 3 rings (SSSR count). The van der Waals surface area contributed by atoms with Crippen LogP contribution in [0.2, 0.25) is 0 Å². The Balaban J connectivity index is 1.80. The molecular formula is C20H21N3O2S. The van der Waals surface area contributed by atoms with Crippen LogP contribution < -0.4 is 15.4 Å². The molecule has 0 fully saturated rings. The molecule has 0 aliphatic carbocycles. The van der Waals surface area contributed by atoms with Crippen molar-refractivity contribution in [3.05, 3.63) is 64.2 Å². The highest BCUT2D eigenvalue weighted by Gasteiger charge is 2.17. The average molecular weight is 367 g/mol. The molecule has 134 valence electrons. The summed E-state index contributed by atoms with van der Waals surface area (Å²) in [7, 11) is 1.59. The van der Waals surface area contributed by atoms with Gasteiger partial charge in [0.25, 0.3) is 5.91 Å². The van der Waals surface area contributed by atoms with Crippen molar-refractivity contribution in [2.75, 3.05) is 17.7 Å². The predicted octanol–water partition coefficient (Wildman–Crippen LogP) is 5.07. The Hall–Kier alpha value is -2.86. The van der Waals surface area contributed by atoms with Gasteiger partial charge in [-0.3, -0.25) is 4.79 Å². The first-order valence-corrected chi connectivity index (χ1v) is 9.05. The van der Waals surface area contributed by atoms with Gasteiger partial charge >= 0.3 is 0 Å². The molecule has 0 unspecified atom stereocenters. The number of nitrogens with zero attached hydrogens (tertiary/aromatic N) is 1. The molecule has 0 spiro atoms. The number of carbonyl (C=O) groups is 1. The lowest BCUT2D eigenvalue weighted by molar-refractivity contribution is 0.102. The Morgan fingerprint density at radius 3 is 2.58 bits per heavy atom. The van der Waals surface area contributed by atoms with Crippen LogP contribution in [0.4, 0.5) is 16.5 Å². The van der Waals surface area contributed by atoms with Crippen molar-refractivity contribution in [2.45, 2.75) is 20.8 Å². The number of carbonyl (C=O) groups excluding carboxylic acids is 1. The van der Waals surface area contributed by atoms with Crippen molar-refractivity contribution < 1.29 is 9.53 Å². The van der Waals surface area contributed by atoms with E-state index in [9.17, 15) is 4.79 Å². The average Bonchev–Trinajstić information content (AvgIpc) is 2.95. The second-order valence-electron chi connectivity index (χ2n) is 6.09. The van der Waals surface area contributed by atoms with Crippen molar-refractivity contribution in [3.8, 4) is 5.75 Å². The van der Waals surface area contributed by atoms with Gasteiger partial charge in [-0.2, -0.15) is 0 Å². The lowest BCUT2D eigenvalue weighted by atomic mass is 10.2. The predicted molar refractivity (Wildman–Crippen MR) is 107 cm³/mol. The molecule has 5 nitrogen and oxygen atoms in total. The number of methoxy groups -OCH3 is 1. The number of thiazole rings is 1. The number of aryl methyl sites for hydroxylation is 3. The summed E-state index contributed by atoms with van der Waals surface area (Å²) in [5.74, 6) is 0.436. The molecule has 0 atom stereocenters. The topological polar surface area (TPSA) is 63.2 Å². The lowest BCUT2D eigenvalue weighted by Crippen LogP contribution is -2.12. The molecule has 0 saturated heterocycles. The van der Waals surface area contributed by atoms with Crippen molar-refractivity contribution in [1.29, 1.82) is 0 Å². The number of anilines is 3. The first-order chi connectivity index (χ1) is 12.5. The fourth-order valence-electron chi connectivity index (χ4n) is 2.61. The summed E-state index contributed by atoms with van der Waals surface area (Å²) in [5, 5.41) is 6.87. The number of ether oxygens (including phenoxy) is 1. The van der Waals surface area contributed by atoms with Gasteiger partial charge in [0.05, 0.1) is 18.5 Å². The van der Waals surface area contributed by atoms with E-state index in [0.717, 1.165) is 16.8 Å². The molecule has 26 heavy (non-hydrogen) atoms. The fraction of sp³-hybridized carbons (Fsp3) is 0.200. The number of hydrogen-bond acceptors (Lipinski definition) is 5. The maximum atomic E-state index is 12.7. The minimum Gasteiger partial charge on any atom is -0.495 e. The van der Waals surface area contributed by atoms with Gasteiger partial charge in [0.2, 0.25) is 0 Å². The number of aromatic nitrogens is 1. The Bertz CT molecular complexity index is 950. The van der Waals surface area contributed by atoms with E-state index in [1.54, 1.807) is 7.11 Å². The minimum atomic E-state index is -0.193. The first kappa shape index (κ1) is 17.9. The normalized spacial score (nSPS) is 10.5. The standard InChI is InChI=1S/C20H21N3O2S/c1-12-6-5-7-15(10-12)22-20-21-14(3)18(26-20)19(24)23-16-11-13(2)8-9-17(16)25-4/h5-11H,1-4H3,(H,21,22)(H,23,24). The molecule has 1 amide bonds. The summed E-state index contributed by atoms with van der Waals surface area (Å²) < 4.78 is 5.32. The minimum absolute atomic E-state index is 0.193. The van der Waals surface area contributed by atoms with E-state index in [0.29, 0.717) is 27.1 Å². The van der Waals surface area contributed by atoms with Gasteiger partial charge in [-0.25, -0.2) is 4.98 Å². The molecule has 1 aromatic heterocycles. The van der Waals surface area contributed by atoms with Crippen LogP contribution in [0.5, 0.6) is 5.75 Å². The van der Waals surface area contributed by atoms with E-state index < -0.39 is 0 Å². The maximum absolute atomic E-state index is 12.7. The number of amides is 1. The quantitative estimate of drug-likeness (QED) is 0.661. The number of hydrogen-bond donors (Lipinski definition) is 2. The van der Waals surface area contributed by atoms with Gasteiger partial charge in [-0.05, 0) is 56.2 Å². The molecule has 6 heteroatoms. The van der Waals surface area contributed by atoms with Gasteiger partial charge in [-0.15, -0.1) is 0 Å². The van der Waals surface area contributed by atoms with Crippen molar-refractivity contribution >= 4 is 33.8 Å². The second-order valence-corrected chi connectivity index (χ2v) is 7.08. The van der Waals surface area contributed by atoms with Crippen LogP contribution in [-0.4, -0.2) is 18.0 Å². The molecule has 0 aliphatic heterocycles. The van der Waals surface area contributed by atoms with Crippen molar-refractivity contribution in [1.82, 2.24) is 4.98 Å². The maximum Gasteiger partial charge on any atom is 0.267 e. The van der Waals surface area contributed by atoms with E-state index in [-0.39, 0.29) is 5.91 Å². The molecule has 1 heterocycles. The molecule has 0 radical (unpaired) electrons. The van der Waals surface area contributed by atoms with Gasteiger partial charge < -0.3 is 15.4 Å². The molecular weight excluding hydrogens is 346 g/mol. The van der Waals surface area contributed by atoms with E-state index in [4.69, 9.17) is 4.74 Å². The zero-order valence-electron chi connectivity index (χ0n) is 15.2. The third kappa shape index (κ3) is 4.03. The Kier molecular flexibility index (Phi) is 5.23. The molecule has 3 aromatic rings. The van der Waals surface area contributed by atoms with Crippen molar-refractivity contribution in [2.24, 2.45) is 0 Å². The summed E-state index contributed by atoms with van der Waals surface area (Å²) in [4.78, 5) is 17.8. The summed E-state index contributed by atoms with van der Waals surface area (Å²) >= 11 is 1.33. The first-order valence-electron chi connectivity index (χ1n) is 8.23. The smallest absolute Gasteiger partial charge is 0.267 e. The third-order valence-corrected chi connectivity index (χ3v) is 4.95. The second kappa shape index (κ2) is 7.58. The van der Waals surface area contributed by atoms with Crippen LogP contribution in [0, 0.1) is 20.8 Å². The number of benzene rings is 2. The largest absolute Gasteiger partial charge is 0.495 e. The third-order valence-electron chi connectivity index (χ3n) is 3.88. The molecule has 0 saturated carbocycles. The van der Waals surface area contributed by atoms with Crippen LogP contribution in [0.1, 0.15) is 26.5 Å². The number of nitrogens with one attached hydrogen (secondary N) is 2. The Morgan fingerprint density at radius 2 is 1.85 bits per heavy atom. The molecule has 0 aliphatic rings. The SMILES string of the molecule is COc1ccc(C)cc1NC(=O)c1sc(Nc2cccc(C)c2)nc1C. The number of rotatable bonds is 5. The zero-order valence-corrected chi connectivity index (χ0v) is 16.0. The van der Waals surface area contributed by atoms with E-state index in [1.165, 1.54) is 11.3 Å². The van der Waals surface area contributed by atoms with E-state index in [2.05, 4.69) is 15.6 Å². The highest BCUT2D eigenvalue weighted by Crippen LogP contribution is 2.29. The molecule has 2 N–H and O–H groups in total. The Labute approximate surface area is 157 Å². The summed E-state index contributed by atoms with van der Waals surface area (Å²) in [6, 6.07) is 13.7. The summed E-state index contributed by atoms with van der Waals surface area (Å²) in [5.41, 5.74) is 4.50. The van der Waals surface area contributed by atoms with Crippen LogP contribution in [-0.2, 0) is 0 Å². The highest BCUT2D eigenvalue weighted by atomic mass is 32.1. The van der Waals surface area contributed by atoms with E-state index in [1.807, 2.05) is 63.2 Å². The van der Waals surface area contributed by atoms with Crippen molar-refractivity contribution in [3.63, 3.8) is 0 Å². The summed E-state index contributed by atoms with van der Waals surface area (Å²) in [6.07, 6.45) is 0. The van der Waals surface area contributed by atoms with Crippen LogP contribution >= 0.6 is 11.3 Å². The van der Waals surface area contributed by atoms with Gasteiger partial charge in [0.1, 0.15) is 10.6 Å². The van der Waals surface area contributed by atoms with Crippen LogP contribution in [0.3, 0.4) is 0 Å². The monoisotopic (exact) mass is 367 g/mol. The van der Waals surface area contributed by atoms with Crippen LogP contribution in [0.25, 0.3) is 0 Å². The van der Waals surface area contributed by atoms with Gasteiger partial charge in [-0.1, -0.05) is 29.5 Å². The summed E-state index contributed by atoms with van der Waals surface area (Å²) in [6.45, 7) is 5.84. The lowest BCUT2D eigenvalue weighted by Gasteiger charge is -2.10. The Morgan fingerprint density at radius 1 is 1.08 bits per heavy atom. The van der Waals surface area contributed by atoms with Gasteiger partial charge in [0.15, 0.2) is 5.13 Å². The highest BCUT2D eigenvalue weighted by molar-refractivity contribution is 7.17.